The van der Waals surface area contributed by atoms with Gasteiger partial charge in [0.15, 0.2) is 0 Å². The van der Waals surface area contributed by atoms with Gasteiger partial charge in [-0.25, -0.2) is 0 Å². The largest absolute Gasteiger partial charge is 0.0584 e. The van der Waals surface area contributed by atoms with Crippen molar-refractivity contribution in [3.8, 4) is 11.1 Å². The van der Waals surface area contributed by atoms with Crippen molar-refractivity contribution in [1.82, 2.24) is 0 Å². The summed E-state index contributed by atoms with van der Waals surface area (Å²) in [5, 5.41) is 0. The van der Waals surface area contributed by atoms with Gasteiger partial charge < -0.3 is 0 Å². The van der Waals surface area contributed by atoms with Crippen LogP contribution in [-0.4, -0.2) is 0 Å². The normalized spacial score (nSPS) is 14.8. The van der Waals surface area contributed by atoms with Gasteiger partial charge in [-0.3, -0.25) is 0 Å². The molecule has 0 N–H and O–H groups in total. The van der Waals surface area contributed by atoms with E-state index in [0.29, 0.717) is 0 Å². The average Bonchev–Trinajstić information content (AvgIpc) is 3.18. The maximum absolute atomic E-state index is 2.40. The summed E-state index contributed by atoms with van der Waals surface area (Å²) in [6.07, 6.45) is 2.74. The summed E-state index contributed by atoms with van der Waals surface area (Å²) in [5.74, 6) is 0.830. The molecule has 2 aromatic carbocycles. The molecule has 0 radical (unpaired) electrons. The number of hydrogen-bond donors (Lipinski definition) is 0. The molecule has 3 rings (SSSR count). The maximum Gasteiger partial charge on any atom is -0.0159 e. The average molecular weight is 236 g/mol. The summed E-state index contributed by atoms with van der Waals surface area (Å²) < 4.78 is 0. The minimum absolute atomic E-state index is 0.830. The van der Waals surface area contributed by atoms with Crippen LogP contribution in [0.2, 0.25) is 0 Å². The van der Waals surface area contributed by atoms with E-state index in [-0.39, 0.29) is 0 Å². The molecule has 0 unspecified atom stereocenters. The minimum atomic E-state index is 0.830. The van der Waals surface area contributed by atoms with Crippen LogP contribution in [-0.2, 0) is 0 Å². The summed E-state index contributed by atoms with van der Waals surface area (Å²) in [7, 11) is 0. The zero-order chi connectivity index (χ0) is 12.7. The second-order valence-corrected chi connectivity index (χ2v) is 5.64. The van der Waals surface area contributed by atoms with Crippen LogP contribution in [0, 0.1) is 20.8 Å². The second kappa shape index (κ2) is 4.28. The van der Waals surface area contributed by atoms with Gasteiger partial charge in [0.25, 0.3) is 0 Å². The van der Waals surface area contributed by atoms with Crippen LogP contribution in [0.5, 0.6) is 0 Å². The highest BCUT2D eigenvalue weighted by Gasteiger charge is 2.25. The lowest BCUT2D eigenvalue weighted by Crippen LogP contribution is -1.89. The molecule has 0 amide bonds. The summed E-state index contributed by atoms with van der Waals surface area (Å²) in [5.41, 5.74) is 8.47. The molecule has 0 atom stereocenters. The van der Waals surface area contributed by atoms with E-state index in [1.807, 2.05) is 0 Å². The predicted molar refractivity (Wildman–Crippen MR) is 78.1 cm³/mol. The van der Waals surface area contributed by atoms with Crippen molar-refractivity contribution in [1.29, 1.82) is 0 Å². The summed E-state index contributed by atoms with van der Waals surface area (Å²) in [6.45, 7) is 6.59. The minimum Gasteiger partial charge on any atom is -0.0584 e. The third-order valence-corrected chi connectivity index (χ3v) is 4.14. The molecule has 0 bridgehead atoms. The van der Waals surface area contributed by atoms with E-state index in [1.165, 1.54) is 40.7 Å². The Hall–Kier alpha value is -1.56. The van der Waals surface area contributed by atoms with Gasteiger partial charge in [0, 0.05) is 0 Å². The van der Waals surface area contributed by atoms with Crippen LogP contribution >= 0.6 is 0 Å². The van der Waals surface area contributed by atoms with E-state index < -0.39 is 0 Å². The van der Waals surface area contributed by atoms with Gasteiger partial charge in [0.1, 0.15) is 0 Å². The fraction of sp³-hybridized carbons (Fsp3) is 0.333. The molecule has 1 aliphatic carbocycles. The third kappa shape index (κ3) is 2.08. The van der Waals surface area contributed by atoms with Crippen LogP contribution in [0.25, 0.3) is 11.1 Å². The van der Waals surface area contributed by atoms with Gasteiger partial charge in [-0.2, -0.15) is 0 Å². The smallest absolute Gasteiger partial charge is 0.0159 e. The van der Waals surface area contributed by atoms with Gasteiger partial charge in [0.2, 0.25) is 0 Å². The fourth-order valence-corrected chi connectivity index (χ4v) is 2.58. The van der Waals surface area contributed by atoms with Gasteiger partial charge in [-0.05, 0) is 72.9 Å². The Morgan fingerprint density at radius 2 is 1.33 bits per heavy atom. The van der Waals surface area contributed by atoms with Crippen LogP contribution in [0.1, 0.15) is 41.0 Å². The van der Waals surface area contributed by atoms with Gasteiger partial charge in [0.05, 0.1) is 0 Å². The molecule has 0 aliphatic heterocycles. The topological polar surface area (TPSA) is 0 Å². The lowest BCUT2D eigenvalue weighted by molar-refractivity contribution is 1.10. The lowest BCUT2D eigenvalue weighted by Gasteiger charge is -2.10. The van der Waals surface area contributed by atoms with E-state index >= 15 is 0 Å². The molecule has 0 aromatic heterocycles. The van der Waals surface area contributed by atoms with E-state index in [4.69, 9.17) is 0 Å². The van der Waals surface area contributed by atoms with Gasteiger partial charge in [-0.15, -0.1) is 0 Å². The van der Waals surface area contributed by atoms with Crippen molar-refractivity contribution in [2.75, 3.05) is 0 Å². The first kappa shape index (κ1) is 11.5. The molecule has 0 heterocycles. The first-order chi connectivity index (χ1) is 8.65. The van der Waals surface area contributed by atoms with Crippen LogP contribution < -0.4 is 0 Å². The lowest BCUT2D eigenvalue weighted by atomic mass is 9.95. The van der Waals surface area contributed by atoms with Crippen molar-refractivity contribution in [2.24, 2.45) is 0 Å². The Labute approximate surface area is 110 Å². The van der Waals surface area contributed by atoms with Crippen molar-refractivity contribution in [3.05, 3.63) is 58.7 Å². The quantitative estimate of drug-likeness (QED) is 0.676. The number of aryl methyl sites for hydroxylation is 3. The first-order valence-electron chi connectivity index (χ1n) is 6.83. The van der Waals surface area contributed by atoms with Crippen molar-refractivity contribution in [2.45, 2.75) is 39.5 Å². The number of rotatable bonds is 2. The molecular formula is C18H20. The fourth-order valence-electron chi connectivity index (χ4n) is 2.58. The highest BCUT2D eigenvalue weighted by atomic mass is 14.3. The van der Waals surface area contributed by atoms with Gasteiger partial charge in [-0.1, -0.05) is 36.4 Å². The van der Waals surface area contributed by atoms with Crippen molar-refractivity contribution in [3.63, 3.8) is 0 Å². The zero-order valence-electron chi connectivity index (χ0n) is 11.5. The third-order valence-electron chi connectivity index (χ3n) is 4.14. The summed E-state index contributed by atoms with van der Waals surface area (Å²) in [4.78, 5) is 0. The van der Waals surface area contributed by atoms with Gasteiger partial charge >= 0.3 is 0 Å². The van der Waals surface area contributed by atoms with E-state index in [1.54, 1.807) is 5.56 Å². The molecule has 1 fully saturated rings. The van der Waals surface area contributed by atoms with E-state index in [9.17, 15) is 0 Å². The highest BCUT2D eigenvalue weighted by Crippen LogP contribution is 2.42. The Morgan fingerprint density at radius 1 is 0.722 bits per heavy atom. The maximum atomic E-state index is 2.40. The predicted octanol–water partition coefficient (Wildman–Crippen LogP) is 5.16. The SMILES string of the molecule is Cc1ccc(-c2ccc(C)c(C3CC3)c2)cc1C. The molecule has 1 saturated carbocycles. The Bertz CT molecular complexity index is 589. The summed E-state index contributed by atoms with van der Waals surface area (Å²) in [6, 6.07) is 13.7. The molecule has 18 heavy (non-hydrogen) atoms. The molecule has 1 aliphatic rings. The van der Waals surface area contributed by atoms with Crippen LogP contribution in [0.15, 0.2) is 36.4 Å². The van der Waals surface area contributed by atoms with Crippen LogP contribution in [0.4, 0.5) is 0 Å². The molecule has 0 saturated heterocycles. The molecule has 2 aromatic rings. The number of hydrogen-bond acceptors (Lipinski definition) is 0. The second-order valence-electron chi connectivity index (χ2n) is 5.64. The van der Waals surface area contributed by atoms with Crippen LogP contribution in [0.3, 0.4) is 0 Å². The summed E-state index contributed by atoms with van der Waals surface area (Å²) >= 11 is 0. The molecule has 92 valence electrons. The Kier molecular flexibility index (Phi) is 2.74. The molecular weight excluding hydrogens is 216 g/mol. The molecule has 0 nitrogen and oxygen atoms in total. The Morgan fingerprint density at radius 3 is 1.94 bits per heavy atom. The van der Waals surface area contributed by atoms with E-state index in [0.717, 1.165) is 5.92 Å². The highest BCUT2D eigenvalue weighted by molar-refractivity contribution is 5.66. The monoisotopic (exact) mass is 236 g/mol. The van der Waals surface area contributed by atoms with Crippen molar-refractivity contribution >= 4 is 0 Å². The Balaban J connectivity index is 2.05. The molecule has 0 heteroatoms. The standard InChI is InChI=1S/C18H20/c1-12-4-6-16(10-14(12)3)17-7-5-13(2)18(11-17)15-8-9-15/h4-7,10-11,15H,8-9H2,1-3H3. The zero-order valence-corrected chi connectivity index (χ0v) is 11.5. The van der Waals surface area contributed by atoms with Crippen molar-refractivity contribution < 1.29 is 0 Å². The molecule has 0 spiro atoms. The number of benzene rings is 2. The van der Waals surface area contributed by atoms with E-state index in [2.05, 4.69) is 57.2 Å². The first-order valence-corrected chi connectivity index (χ1v) is 6.83.